The Kier molecular flexibility index (Phi) is 5.48. The van der Waals surface area contributed by atoms with E-state index in [4.69, 9.17) is 10.5 Å². The Morgan fingerprint density at radius 3 is 2.39 bits per heavy atom. The number of Topliss-reactive ketones (excluding diaryl/α,β-unsaturated/α-hetero) is 1. The van der Waals surface area contributed by atoms with Crippen molar-refractivity contribution < 1.29 is 14.3 Å². The fourth-order valence-electron chi connectivity index (χ4n) is 3.14. The molecule has 0 radical (unpaired) electrons. The number of nitrogens with two attached hydrogens (primary N) is 1. The second kappa shape index (κ2) is 7.84. The van der Waals surface area contributed by atoms with E-state index in [1.807, 2.05) is 37.3 Å². The van der Waals surface area contributed by atoms with Gasteiger partial charge < -0.3 is 10.5 Å². The van der Waals surface area contributed by atoms with Gasteiger partial charge in [-0.3, -0.25) is 23.5 Å². The van der Waals surface area contributed by atoms with Gasteiger partial charge in [0.2, 0.25) is 5.78 Å². The summed E-state index contributed by atoms with van der Waals surface area (Å²) in [5.74, 6) is -1.33. The highest BCUT2D eigenvalue weighted by molar-refractivity contribution is 6.01. The molecule has 8 heteroatoms. The van der Waals surface area contributed by atoms with Crippen LogP contribution in [0.2, 0.25) is 0 Å². The van der Waals surface area contributed by atoms with E-state index in [0.29, 0.717) is 0 Å². The molecular formula is C20H23N3O5. The summed E-state index contributed by atoms with van der Waals surface area (Å²) in [6.07, 6.45) is 0.736. The molecule has 0 unspecified atom stereocenters. The van der Waals surface area contributed by atoms with Gasteiger partial charge in [-0.05, 0) is 24.8 Å². The van der Waals surface area contributed by atoms with Gasteiger partial charge in [0.1, 0.15) is 11.4 Å². The van der Waals surface area contributed by atoms with Gasteiger partial charge in [-0.1, -0.05) is 37.3 Å². The maximum absolute atomic E-state index is 12.7. The van der Waals surface area contributed by atoms with E-state index in [-0.39, 0.29) is 36.3 Å². The Balaban J connectivity index is 1.94. The van der Waals surface area contributed by atoms with Crippen molar-refractivity contribution in [1.82, 2.24) is 9.13 Å². The molecule has 1 heterocycles. The van der Waals surface area contributed by atoms with Crippen LogP contribution in [0.25, 0.3) is 0 Å². The van der Waals surface area contributed by atoms with Crippen LogP contribution in [0.1, 0.15) is 36.2 Å². The van der Waals surface area contributed by atoms with Gasteiger partial charge in [0.15, 0.2) is 6.61 Å². The Morgan fingerprint density at radius 2 is 1.82 bits per heavy atom. The second-order valence-corrected chi connectivity index (χ2v) is 7.01. The predicted octanol–water partition coefficient (Wildman–Crippen LogP) is 1.04. The van der Waals surface area contributed by atoms with Crippen LogP contribution in [0.4, 0.5) is 5.82 Å². The molecule has 0 saturated heterocycles. The van der Waals surface area contributed by atoms with Crippen molar-refractivity contribution in [1.29, 1.82) is 0 Å². The van der Waals surface area contributed by atoms with Crippen LogP contribution in [0, 0.1) is 11.8 Å². The Hall–Kier alpha value is -3.16. The zero-order valence-corrected chi connectivity index (χ0v) is 15.9. The fraction of sp³-hybridized carbons (Fsp3) is 0.400. The lowest BCUT2D eigenvalue weighted by molar-refractivity contribution is -0.144. The highest BCUT2D eigenvalue weighted by Crippen LogP contribution is 2.38. The summed E-state index contributed by atoms with van der Waals surface area (Å²) in [7, 11) is 0. The van der Waals surface area contributed by atoms with Crippen molar-refractivity contribution in [3.05, 3.63) is 62.3 Å². The fourth-order valence-corrected chi connectivity index (χ4v) is 3.14. The minimum absolute atomic E-state index is 0.0897. The van der Waals surface area contributed by atoms with E-state index in [2.05, 4.69) is 0 Å². The van der Waals surface area contributed by atoms with Crippen LogP contribution in [-0.4, -0.2) is 27.5 Å². The van der Waals surface area contributed by atoms with E-state index in [1.54, 1.807) is 6.92 Å². The number of aromatic nitrogens is 2. The van der Waals surface area contributed by atoms with Crippen LogP contribution in [0.15, 0.2) is 39.9 Å². The number of rotatable bonds is 7. The van der Waals surface area contributed by atoms with E-state index in [1.165, 1.54) is 4.57 Å². The van der Waals surface area contributed by atoms with Crippen molar-refractivity contribution in [3.63, 3.8) is 0 Å². The summed E-state index contributed by atoms with van der Waals surface area (Å²) in [5.41, 5.74) is 5.16. The highest BCUT2D eigenvalue weighted by Gasteiger charge is 2.40. The van der Waals surface area contributed by atoms with Gasteiger partial charge >= 0.3 is 11.7 Å². The quantitative estimate of drug-likeness (QED) is 0.563. The van der Waals surface area contributed by atoms with Crippen molar-refractivity contribution in [2.24, 2.45) is 11.8 Å². The molecule has 1 aliphatic carbocycles. The summed E-state index contributed by atoms with van der Waals surface area (Å²) < 4.78 is 7.19. The third-order valence-corrected chi connectivity index (χ3v) is 5.00. The van der Waals surface area contributed by atoms with Gasteiger partial charge in [0.25, 0.3) is 5.56 Å². The largest absolute Gasteiger partial charge is 0.457 e. The molecule has 1 aliphatic rings. The molecule has 0 spiro atoms. The monoisotopic (exact) mass is 385 g/mol. The number of carbonyl (C=O) groups excluding carboxylic acids is 2. The van der Waals surface area contributed by atoms with Crippen molar-refractivity contribution in [2.75, 3.05) is 12.3 Å². The molecule has 2 atom stereocenters. The van der Waals surface area contributed by atoms with Crippen LogP contribution in [0.3, 0.4) is 0 Å². The van der Waals surface area contributed by atoms with Crippen LogP contribution >= 0.6 is 0 Å². The molecule has 0 bridgehead atoms. The smallest absolute Gasteiger partial charge is 0.332 e. The van der Waals surface area contributed by atoms with E-state index in [9.17, 15) is 19.2 Å². The van der Waals surface area contributed by atoms with Crippen molar-refractivity contribution >= 4 is 17.6 Å². The first-order valence-corrected chi connectivity index (χ1v) is 9.22. The lowest BCUT2D eigenvalue weighted by Crippen LogP contribution is -2.44. The van der Waals surface area contributed by atoms with Crippen molar-refractivity contribution in [3.8, 4) is 0 Å². The van der Waals surface area contributed by atoms with Crippen LogP contribution < -0.4 is 17.0 Å². The van der Waals surface area contributed by atoms with Gasteiger partial charge in [-0.25, -0.2) is 4.79 Å². The normalized spacial score (nSPS) is 17.9. The average molecular weight is 385 g/mol. The molecule has 1 saturated carbocycles. The maximum atomic E-state index is 12.7. The second-order valence-electron chi connectivity index (χ2n) is 7.01. The third kappa shape index (κ3) is 3.76. The highest BCUT2D eigenvalue weighted by atomic mass is 16.5. The van der Waals surface area contributed by atoms with E-state index in [0.717, 1.165) is 16.6 Å². The molecule has 28 heavy (non-hydrogen) atoms. The summed E-state index contributed by atoms with van der Waals surface area (Å²) in [6.45, 7) is 3.19. The number of ether oxygens (including phenoxy) is 1. The number of benzene rings is 1. The van der Waals surface area contributed by atoms with E-state index >= 15 is 0 Å². The first kappa shape index (κ1) is 19.6. The zero-order chi connectivity index (χ0) is 20.4. The number of ketones is 1. The Morgan fingerprint density at radius 1 is 1.18 bits per heavy atom. The van der Waals surface area contributed by atoms with E-state index < -0.39 is 29.6 Å². The van der Waals surface area contributed by atoms with Gasteiger partial charge in [-0.15, -0.1) is 0 Å². The summed E-state index contributed by atoms with van der Waals surface area (Å²) >= 11 is 0. The summed E-state index contributed by atoms with van der Waals surface area (Å²) in [4.78, 5) is 49.8. The number of anilines is 1. The topological polar surface area (TPSA) is 113 Å². The molecule has 8 nitrogen and oxygen atoms in total. The molecule has 1 aromatic heterocycles. The molecule has 148 valence electrons. The standard InChI is InChI=1S/C20H23N3O5/c1-3-22-18(25)16(15(24)11-28-19(26)14-9-12(14)2)17(21)23(20(22)27)10-13-7-5-4-6-8-13/h4-8,12,14H,3,9-11,21H2,1-2H3/t12-,14+/m0/s1. The number of carbonyl (C=O) groups is 2. The molecular weight excluding hydrogens is 362 g/mol. The predicted molar refractivity (Wildman–Crippen MR) is 103 cm³/mol. The Labute approximate surface area is 161 Å². The molecule has 2 N–H and O–H groups in total. The number of hydrogen-bond acceptors (Lipinski definition) is 6. The molecule has 2 aromatic rings. The molecule has 1 fully saturated rings. The summed E-state index contributed by atoms with van der Waals surface area (Å²) in [5, 5.41) is 0. The summed E-state index contributed by atoms with van der Waals surface area (Å²) in [6, 6.07) is 9.10. The number of esters is 1. The number of hydrogen-bond donors (Lipinski definition) is 1. The lowest BCUT2D eigenvalue weighted by Gasteiger charge is -2.15. The van der Waals surface area contributed by atoms with Gasteiger partial charge in [-0.2, -0.15) is 0 Å². The Bertz CT molecular complexity index is 1020. The first-order valence-electron chi connectivity index (χ1n) is 9.22. The minimum atomic E-state index is -0.768. The SMILES string of the molecule is CCn1c(=O)c(C(=O)COC(=O)[C@@H]2C[C@@H]2C)c(N)n(Cc2ccccc2)c1=O. The van der Waals surface area contributed by atoms with Crippen LogP contribution in [0.5, 0.6) is 0 Å². The van der Waals surface area contributed by atoms with Crippen LogP contribution in [-0.2, 0) is 22.6 Å². The first-order chi connectivity index (χ1) is 13.3. The number of nitrogens with zero attached hydrogens (tertiary/aromatic N) is 2. The zero-order valence-electron chi connectivity index (χ0n) is 15.9. The van der Waals surface area contributed by atoms with Gasteiger partial charge in [0, 0.05) is 6.54 Å². The average Bonchev–Trinajstić information content (AvgIpc) is 3.41. The minimum Gasteiger partial charge on any atom is -0.457 e. The lowest BCUT2D eigenvalue weighted by atomic mass is 10.2. The molecule has 0 amide bonds. The molecule has 1 aromatic carbocycles. The molecule has 0 aliphatic heterocycles. The van der Waals surface area contributed by atoms with Crippen molar-refractivity contribution in [2.45, 2.75) is 33.4 Å². The number of nitrogen functional groups attached to an aromatic ring is 1. The third-order valence-electron chi connectivity index (χ3n) is 5.00. The van der Waals surface area contributed by atoms with Gasteiger partial charge in [0.05, 0.1) is 12.5 Å². The maximum Gasteiger partial charge on any atom is 0.332 e. The molecule has 3 rings (SSSR count).